The lowest BCUT2D eigenvalue weighted by Crippen LogP contribution is -2.22. The Morgan fingerprint density at radius 1 is 1.31 bits per heavy atom. The van der Waals surface area contributed by atoms with Gasteiger partial charge >= 0.3 is 0 Å². The van der Waals surface area contributed by atoms with E-state index in [2.05, 4.69) is 6.07 Å². The van der Waals surface area contributed by atoms with Crippen molar-refractivity contribution in [3.8, 4) is 0 Å². The Bertz CT molecular complexity index is 548. The molecule has 16 heavy (non-hydrogen) atoms. The Hall–Kier alpha value is -1.09. The zero-order valence-corrected chi connectivity index (χ0v) is 10.0. The van der Waals surface area contributed by atoms with E-state index in [9.17, 15) is 4.79 Å². The van der Waals surface area contributed by atoms with Crippen molar-refractivity contribution in [3.63, 3.8) is 0 Å². The first-order valence-electron chi connectivity index (χ1n) is 5.91. The summed E-state index contributed by atoms with van der Waals surface area (Å²) >= 11 is 1.64. The average Bonchev–Trinajstić information content (AvgIpc) is 2.93. The molecule has 2 aromatic rings. The zero-order chi connectivity index (χ0) is 11.0. The first-order valence-corrected chi connectivity index (χ1v) is 6.79. The lowest BCUT2D eigenvalue weighted by Gasteiger charge is -2.11. The summed E-state index contributed by atoms with van der Waals surface area (Å²) < 4.78 is 3.00. The van der Waals surface area contributed by atoms with E-state index in [1.807, 2.05) is 22.2 Å². The van der Waals surface area contributed by atoms with Gasteiger partial charge < -0.3 is 4.57 Å². The van der Waals surface area contributed by atoms with Crippen molar-refractivity contribution in [2.24, 2.45) is 5.92 Å². The average molecular weight is 233 g/mol. The van der Waals surface area contributed by atoms with Crippen LogP contribution in [0.25, 0.3) is 10.1 Å². The lowest BCUT2D eigenvalue weighted by atomic mass is 10.1. The summed E-state index contributed by atoms with van der Waals surface area (Å²) in [4.78, 5) is 12.1. The minimum absolute atomic E-state index is 0.186. The second-order valence-corrected chi connectivity index (χ2v) is 5.57. The van der Waals surface area contributed by atoms with Crippen LogP contribution >= 0.6 is 11.3 Å². The molecule has 0 amide bonds. The molecule has 3 rings (SSSR count). The van der Waals surface area contributed by atoms with Gasteiger partial charge in [-0.1, -0.05) is 12.8 Å². The number of fused-ring (bicyclic) bond motifs is 1. The maximum atomic E-state index is 12.1. The predicted molar refractivity (Wildman–Crippen MR) is 68.0 cm³/mol. The standard InChI is InChI=1S/C13H15NOS/c15-13-11-6-8-16-12(11)5-7-14(13)9-10-3-1-2-4-10/h5-8,10H,1-4,9H2. The highest BCUT2D eigenvalue weighted by atomic mass is 32.1. The first kappa shape index (κ1) is 10.1. The van der Waals surface area contributed by atoms with Gasteiger partial charge in [0.25, 0.3) is 5.56 Å². The summed E-state index contributed by atoms with van der Waals surface area (Å²) in [5.41, 5.74) is 0.186. The SMILES string of the molecule is O=c1c2ccsc2ccn1CC1CCCC1. The van der Waals surface area contributed by atoms with Gasteiger partial charge in [-0.25, -0.2) is 0 Å². The number of rotatable bonds is 2. The van der Waals surface area contributed by atoms with Gasteiger partial charge in [-0.2, -0.15) is 0 Å². The van der Waals surface area contributed by atoms with Crippen LogP contribution in [0.1, 0.15) is 25.7 Å². The van der Waals surface area contributed by atoms with Gasteiger partial charge in [-0.15, -0.1) is 11.3 Å². The third kappa shape index (κ3) is 1.69. The molecule has 1 fully saturated rings. The van der Waals surface area contributed by atoms with Crippen LogP contribution in [0.3, 0.4) is 0 Å². The van der Waals surface area contributed by atoms with Crippen molar-refractivity contribution in [2.45, 2.75) is 32.2 Å². The molecule has 2 aromatic heterocycles. The van der Waals surface area contributed by atoms with Gasteiger partial charge in [0.1, 0.15) is 0 Å². The Morgan fingerprint density at radius 3 is 2.94 bits per heavy atom. The monoisotopic (exact) mass is 233 g/mol. The summed E-state index contributed by atoms with van der Waals surface area (Å²) in [6, 6.07) is 4.00. The molecule has 1 saturated carbocycles. The fraction of sp³-hybridized carbons (Fsp3) is 0.462. The number of nitrogens with zero attached hydrogens (tertiary/aromatic N) is 1. The van der Waals surface area contributed by atoms with Gasteiger partial charge in [-0.05, 0) is 36.3 Å². The van der Waals surface area contributed by atoms with Crippen LogP contribution in [0.4, 0.5) is 0 Å². The van der Waals surface area contributed by atoms with E-state index in [1.54, 1.807) is 11.3 Å². The summed E-state index contributed by atoms with van der Waals surface area (Å²) in [5.74, 6) is 0.716. The van der Waals surface area contributed by atoms with Crippen LogP contribution in [0.2, 0.25) is 0 Å². The topological polar surface area (TPSA) is 22.0 Å². The number of thiophene rings is 1. The van der Waals surface area contributed by atoms with E-state index >= 15 is 0 Å². The van der Waals surface area contributed by atoms with Gasteiger partial charge in [0, 0.05) is 17.4 Å². The molecule has 0 N–H and O–H groups in total. The van der Waals surface area contributed by atoms with Crippen LogP contribution in [0.15, 0.2) is 28.5 Å². The highest BCUT2D eigenvalue weighted by molar-refractivity contribution is 7.17. The minimum atomic E-state index is 0.186. The molecule has 3 heteroatoms. The molecule has 2 heterocycles. The van der Waals surface area contributed by atoms with Crippen molar-refractivity contribution in [1.29, 1.82) is 0 Å². The molecular formula is C13H15NOS. The molecule has 0 aromatic carbocycles. The molecule has 0 aliphatic heterocycles. The second kappa shape index (κ2) is 4.06. The van der Waals surface area contributed by atoms with E-state index in [0.717, 1.165) is 16.6 Å². The van der Waals surface area contributed by atoms with Crippen molar-refractivity contribution in [3.05, 3.63) is 34.1 Å². The Balaban J connectivity index is 1.96. The van der Waals surface area contributed by atoms with Gasteiger partial charge in [0.2, 0.25) is 0 Å². The van der Waals surface area contributed by atoms with Crippen molar-refractivity contribution < 1.29 is 0 Å². The quantitative estimate of drug-likeness (QED) is 0.780. The largest absolute Gasteiger partial charge is 0.315 e. The molecule has 2 nitrogen and oxygen atoms in total. The third-order valence-corrected chi connectivity index (χ3v) is 4.40. The predicted octanol–water partition coefficient (Wildman–Crippen LogP) is 3.25. The number of hydrogen-bond acceptors (Lipinski definition) is 2. The molecule has 84 valence electrons. The third-order valence-electron chi connectivity index (χ3n) is 3.52. The molecule has 0 atom stereocenters. The summed E-state index contributed by atoms with van der Waals surface area (Å²) in [7, 11) is 0. The Morgan fingerprint density at radius 2 is 2.12 bits per heavy atom. The molecule has 1 aliphatic rings. The van der Waals surface area contributed by atoms with Gasteiger partial charge in [0.15, 0.2) is 0 Å². The molecule has 0 spiro atoms. The van der Waals surface area contributed by atoms with Crippen molar-refractivity contribution in [2.75, 3.05) is 0 Å². The number of aromatic nitrogens is 1. The summed E-state index contributed by atoms with van der Waals surface area (Å²) in [5, 5.41) is 2.87. The molecule has 1 aliphatic carbocycles. The number of hydrogen-bond donors (Lipinski definition) is 0. The second-order valence-electron chi connectivity index (χ2n) is 4.62. The van der Waals surface area contributed by atoms with Crippen LogP contribution in [0, 0.1) is 5.92 Å². The fourth-order valence-corrected chi connectivity index (χ4v) is 3.39. The summed E-state index contributed by atoms with van der Waals surface area (Å²) in [6.07, 6.45) is 7.20. The van der Waals surface area contributed by atoms with E-state index in [-0.39, 0.29) is 5.56 Å². The van der Waals surface area contributed by atoms with Crippen molar-refractivity contribution >= 4 is 21.4 Å². The highest BCUT2D eigenvalue weighted by Gasteiger charge is 2.16. The molecular weight excluding hydrogens is 218 g/mol. The van der Waals surface area contributed by atoms with E-state index in [1.165, 1.54) is 25.7 Å². The molecule has 0 unspecified atom stereocenters. The van der Waals surface area contributed by atoms with Crippen LogP contribution in [0.5, 0.6) is 0 Å². The normalized spacial score (nSPS) is 17.2. The van der Waals surface area contributed by atoms with Crippen LogP contribution in [-0.2, 0) is 6.54 Å². The van der Waals surface area contributed by atoms with Gasteiger partial charge in [0.05, 0.1) is 5.39 Å². The minimum Gasteiger partial charge on any atom is -0.315 e. The molecule has 0 saturated heterocycles. The Kier molecular flexibility index (Phi) is 2.56. The maximum Gasteiger partial charge on any atom is 0.259 e. The van der Waals surface area contributed by atoms with E-state index in [0.29, 0.717) is 5.92 Å². The maximum absolute atomic E-state index is 12.1. The van der Waals surface area contributed by atoms with E-state index in [4.69, 9.17) is 0 Å². The first-order chi connectivity index (χ1) is 7.84. The lowest BCUT2D eigenvalue weighted by molar-refractivity contribution is 0.450. The molecule has 0 bridgehead atoms. The van der Waals surface area contributed by atoms with Crippen LogP contribution in [-0.4, -0.2) is 4.57 Å². The highest BCUT2D eigenvalue weighted by Crippen LogP contribution is 2.26. The zero-order valence-electron chi connectivity index (χ0n) is 9.19. The summed E-state index contributed by atoms with van der Waals surface area (Å²) in [6.45, 7) is 0.907. The van der Waals surface area contributed by atoms with E-state index < -0.39 is 0 Å². The smallest absolute Gasteiger partial charge is 0.259 e. The van der Waals surface area contributed by atoms with Gasteiger partial charge in [-0.3, -0.25) is 4.79 Å². The van der Waals surface area contributed by atoms with Crippen LogP contribution < -0.4 is 5.56 Å². The van der Waals surface area contributed by atoms with Crippen molar-refractivity contribution in [1.82, 2.24) is 4.57 Å². The fourth-order valence-electron chi connectivity index (χ4n) is 2.62. The number of pyridine rings is 1. The Labute approximate surface area is 98.5 Å². The molecule has 0 radical (unpaired) electrons.